The maximum absolute atomic E-state index is 13.0. The summed E-state index contributed by atoms with van der Waals surface area (Å²) in [5.74, 6) is -0.165. The number of nitrogens with one attached hydrogen (secondary N) is 1. The first kappa shape index (κ1) is 11.1. The lowest BCUT2D eigenvalue weighted by atomic mass is 10.2. The average molecular weight is 272 g/mol. The van der Waals surface area contributed by atoms with Gasteiger partial charge in [0.25, 0.3) is 0 Å². The fraction of sp³-hybridized carbons (Fsp3) is 0.500. The highest BCUT2D eigenvalue weighted by molar-refractivity contribution is 9.10. The summed E-state index contributed by atoms with van der Waals surface area (Å²) in [7, 11) is 0. The molecule has 1 aromatic rings. The third-order valence-electron chi connectivity index (χ3n) is 2.94. The third kappa shape index (κ3) is 3.02. The molecule has 0 saturated heterocycles. The first-order valence-corrected chi connectivity index (χ1v) is 6.22. The molecule has 82 valence electrons. The predicted molar refractivity (Wildman–Crippen MR) is 63.2 cm³/mol. The summed E-state index contributed by atoms with van der Waals surface area (Å²) in [5, 5.41) is 3.47. The van der Waals surface area contributed by atoms with E-state index in [1.165, 1.54) is 31.7 Å². The van der Waals surface area contributed by atoms with Crippen molar-refractivity contribution in [2.75, 3.05) is 0 Å². The first-order valence-electron chi connectivity index (χ1n) is 5.43. The van der Waals surface area contributed by atoms with Crippen molar-refractivity contribution in [2.45, 2.75) is 38.3 Å². The smallest absolute Gasteiger partial charge is 0.123 e. The van der Waals surface area contributed by atoms with E-state index in [-0.39, 0.29) is 5.82 Å². The van der Waals surface area contributed by atoms with Crippen LogP contribution < -0.4 is 5.32 Å². The van der Waals surface area contributed by atoms with Gasteiger partial charge >= 0.3 is 0 Å². The van der Waals surface area contributed by atoms with Gasteiger partial charge in [-0.1, -0.05) is 28.8 Å². The normalized spacial score (nSPS) is 17.2. The molecule has 0 radical (unpaired) electrons. The van der Waals surface area contributed by atoms with E-state index in [1.807, 2.05) is 0 Å². The molecule has 1 aliphatic rings. The topological polar surface area (TPSA) is 12.0 Å². The largest absolute Gasteiger partial charge is 0.310 e. The lowest BCUT2D eigenvalue weighted by Gasteiger charge is -2.12. The highest BCUT2D eigenvalue weighted by Gasteiger charge is 2.14. The Hall–Kier alpha value is -0.410. The molecule has 1 N–H and O–H groups in total. The molecule has 0 aliphatic heterocycles. The standard InChI is InChI=1S/C12H15BrFN/c13-12-6-5-10(14)7-9(12)8-15-11-3-1-2-4-11/h5-7,11,15H,1-4,8H2. The van der Waals surface area contributed by atoms with Crippen LogP contribution >= 0.6 is 15.9 Å². The Balaban J connectivity index is 1.94. The van der Waals surface area contributed by atoms with E-state index in [4.69, 9.17) is 0 Å². The quantitative estimate of drug-likeness (QED) is 0.886. The zero-order valence-electron chi connectivity index (χ0n) is 8.60. The number of benzene rings is 1. The number of hydrogen-bond donors (Lipinski definition) is 1. The lowest BCUT2D eigenvalue weighted by Crippen LogP contribution is -2.25. The van der Waals surface area contributed by atoms with E-state index in [1.54, 1.807) is 12.1 Å². The molecule has 3 heteroatoms. The predicted octanol–water partition coefficient (Wildman–Crippen LogP) is 3.62. The van der Waals surface area contributed by atoms with E-state index < -0.39 is 0 Å². The summed E-state index contributed by atoms with van der Waals surface area (Å²) in [6.45, 7) is 0.753. The SMILES string of the molecule is Fc1ccc(Br)c(CNC2CCCC2)c1. The van der Waals surface area contributed by atoms with Crippen LogP contribution in [0.4, 0.5) is 4.39 Å². The van der Waals surface area contributed by atoms with Crippen molar-refractivity contribution >= 4 is 15.9 Å². The van der Waals surface area contributed by atoms with Gasteiger partial charge in [0.2, 0.25) is 0 Å². The fourth-order valence-corrected chi connectivity index (χ4v) is 2.45. The number of hydrogen-bond acceptors (Lipinski definition) is 1. The van der Waals surface area contributed by atoms with E-state index in [9.17, 15) is 4.39 Å². The van der Waals surface area contributed by atoms with Crippen molar-refractivity contribution < 1.29 is 4.39 Å². The minimum atomic E-state index is -0.165. The summed E-state index contributed by atoms with van der Waals surface area (Å²) < 4.78 is 14.0. The molecule has 15 heavy (non-hydrogen) atoms. The van der Waals surface area contributed by atoms with Crippen molar-refractivity contribution in [1.29, 1.82) is 0 Å². The third-order valence-corrected chi connectivity index (χ3v) is 3.72. The van der Waals surface area contributed by atoms with Gasteiger partial charge in [0.05, 0.1) is 0 Å². The minimum absolute atomic E-state index is 0.165. The molecule has 1 nitrogen and oxygen atoms in total. The summed E-state index contributed by atoms with van der Waals surface area (Å²) >= 11 is 3.43. The van der Waals surface area contributed by atoms with Crippen molar-refractivity contribution in [3.05, 3.63) is 34.1 Å². The van der Waals surface area contributed by atoms with Crippen LogP contribution in [0.1, 0.15) is 31.2 Å². The summed E-state index contributed by atoms with van der Waals surface area (Å²) in [5.41, 5.74) is 1.00. The lowest BCUT2D eigenvalue weighted by molar-refractivity contribution is 0.521. The van der Waals surface area contributed by atoms with Crippen LogP contribution in [-0.4, -0.2) is 6.04 Å². The van der Waals surface area contributed by atoms with Crippen LogP contribution in [0.15, 0.2) is 22.7 Å². The zero-order valence-corrected chi connectivity index (χ0v) is 10.2. The van der Waals surface area contributed by atoms with Gasteiger partial charge in [-0.2, -0.15) is 0 Å². The Morgan fingerprint density at radius 3 is 2.80 bits per heavy atom. The second-order valence-electron chi connectivity index (χ2n) is 4.10. The Kier molecular flexibility index (Phi) is 3.76. The van der Waals surface area contributed by atoms with Gasteiger partial charge in [-0.25, -0.2) is 4.39 Å². The molecule has 0 heterocycles. The average Bonchev–Trinajstić information content (AvgIpc) is 2.72. The summed E-state index contributed by atoms with van der Waals surface area (Å²) in [6.07, 6.45) is 5.16. The van der Waals surface area contributed by atoms with Crippen molar-refractivity contribution in [1.82, 2.24) is 5.32 Å². The van der Waals surface area contributed by atoms with Gasteiger partial charge in [0, 0.05) is 17.1 Å². The molecule has 1 fully saturated rings. The van der Waals surface area contributed by atoms with E-state index in [2.05, 4.69) is 21.2 Å². The van der Waals surface area contributed by atoms with E-state index in [0.29, 0.717) is 6.04 Å². The molecule has 1 saturated carbocycles. The van der Waals surface area contributed by atoms with Gasteiger partial charge in [-0.05, 0) is 36.6 Å². The number of rotatable bonds is 3. The van der Waals surface area contributed by atoms with Crippen LogP contribution in [0.3, 0.4) is 0 Å². The highest BCUT2D eigenvalue weighted by Crippen LogP contribution is 2.21. The summed E-state index contributed by atoms with van der Waals surface area (Å²) in [4.78, 5) is 0. The van der Waals surface area contributed by atoms with Crippen LogP contribution in [0.5, 0.6) is 0 Å². The Bertz CT molecular complexity index is 334. The Labute approximate surface area is 98.2 Å². The highest BCUT2D eigenvalue weighted by atomic mass is 79.9. The Morgan fingerprint density at radius 2 is 2.07 bits per heavy atom. The second kappa shape index (κ2) is 5.08. The number of halogens is 2. The molecule has 0 bridgehead atoms. The molecular weight excluding hydrogens is 257 g/mol. The molecular formula is C12H15BrFN. The molecule has 0 aromatic heterocycles. The second-order valence-corrected chi connectivity index (χ2v) is 4.95. The van der Waals surface area contributed by atoms with E-state index in [0.717, 1.165) is 16.6 Å². The summed E-state index contributed by atoms with van der Waals surface area (Å²) in [6, 6.07) is 5.45. The van der Waals surface area contributed by atoms with Crippen LogP contribution in [0.2, 0.25) is 0 Å². The molecule has 2 rings (SSSR count). The van der Waals surface area contributed by atoms with Crippen molar-refractivity contribution in [3.63, 3.8) is 0 Å². The maximum atomic E-state index is 13.0. The van der Waals surface area contributed by atoms with Gasteiger partial charge in [-0.3, -0.25) is 0 Å². The monoisotopic (exact) mass is 271 g/mol. The van der Waals surface area contributed by atoms with Gasteiger partial charge in [0.1, 0.15) is 5.82 Å². The Morgan fingerprint density at radius 1 is 1.33 bits per heavy atom. The van der Waals surface area contributed by atoms with Gasteiger partial charge < -0.3 is 5.32 Å². The molecule has 0 atom stereocenters. The van der Waals surface area contributed by atoms with E-state index >= 15 is 0 Å². The minimum Gasteiger partial charge on any atom is -0.310 e. The zero-order chi connectivity index (χ0) is 10.7. The molecule has 0 unspecified atom stereocenters. The van der Waals surface area contributed by atoms with Crippen molar-refractivity contribution in [3.8, 4) is 0 Å². The van der Waals surface area contributed by atoms with Crippen LogP contribution in [0.25, 0.3) is 0 Å². The molecule has 1 aromatic carbocycles. The molecule has 1 aliphatic carbocycles. The van der Waals surface area contributed by atoms with Gasteiger partial charge in [-0.15, -0.1) is 0 Å². The molecule has 0 spiro atoms. The maximum Gasteiger partial charge on any atom is 0.123 e. The first-order chi connectivity index (χ1) is 7.25. The van der Waals surface area contributed by atoms with Gasteiger partial charge in [0.15, 0.2) is 0 Å². The van der Waals surface area contributed by atoms with Crippen LogP contribution in [-0.2, 0) is 6.54 Å². The fourth-order valence-electron chi connectivity index (χ4n) is 2.06. The van der Waals surface area contributed by atoms with Crippen LogP contribution in [0, 0.1) is 5.82 Å². The molecule has 0 amide bonds. The van der Waals surface area contributed by atoms with Crippen molar-refractivity contribution in [2.24, 2.45) is 0 Å².